The van der Waals surface area contributed by atoms with Crippen LogP contribution in [0.5, 0.6) is 0 Å². The maximum absolute atomic E-state index is 13.2. The molecule has 0 radical (unpaired) electrons. The number of hydrazone groups is 1. The van der Waals surface area contributed by atoms with Crippen molar-refractivity contribution in [2.45, 2.75) is 31.2 Å². The first-order valence-corrected chi connectivity index (χ1v) is 12.0. The maximum Gasteiger partial charge on any atom is 0.257 e. The van der Waals surface area contributed by atoms with Gasteiger partial charge in [-0.25, -0.2) is 5.01 Å². The smallest absolute Gasteiger partial charge is 0.257 e. The first-order chi connectivity index (χ1) is 14.8. The number of nitrogens with zero attached hydrogens (tertiary/aromatic N) is 5. The highest BCUT2D eigenvalue weighted by molar-refractivity contribution is 7.12. The Bertz CT molecular complexity index is 996. The molecule has 0 N–H and O–H groups in total. The minimum Gasteiger partial charge on any atom is -0.294 e. The van der Waals surface area contributed by atoms with E-state index in [-0.39, 0.29) is 11.9 Å². The fourth-order valence-electron chi connectivity index (χ4n) is 4.21. The molecule has 2 aliphatic heterocycles. The van der Waals surface area contributed by atoms with Gasteiger partial charge in [0.05, 0.1) is 28.9 Å². The molecule has 0 spiro atoms. The number of thiophene rings is 2. The van der Waals surface area contributed by atoms with Crippen LogP contribution in [0.25, 0.3) is 0 Å². The lowest BCUT2D eigenvalue weighted by atomic mass is 9.94. The molecule has 2 aliphatic rings. The number of hydrogen-bond acceptors (Lipinski definition) is 7. The molecule has 0 saturated carbocycles. The van der Waals surface area contributed by atoms with E-state index in [0.29, 0.717) is 12.5 Å². The fourth-order valence-corrected chi connectivity index (χ4v) is 5.74. The van der Waals surface area contributed by atoms with Gasteiger partial charge in [-0.1, -0.05) is 12.1 Å². The summed E-state index contributed by atoms with van der Waals surface area (Å²) < 4.78 is 0. The summed E-state index contributed by atoms with van der Waals surface area (Å²) in [6, 6.07) is 8.28. The maximum atomic E-state index is 13.2. The topological polar surface area (TPSA) is 61.7 Å². The number of rotatable bonds is 5. The van der Waals surface area contributed by atoms with Gasteiger partial charge in [-0.3, -0.25) is 19.7 Å². The zero-order chi connectivity index (χ0) is 20.3. The third-order valence-electron chi connectivity index (χ3n) is 5.79. The molecule has 3 aromatic heterocycles. The van der Waals surface area contributed by atoms with Crippen molar-refractivity contribution in [3.8, 4) is 0 Å². The Kier molecular flexibility index (Phi) is 5.70. The first-order valence-electron chi connectivity index (χ1n) is 10.2. The van der Waals surface area contributed by atoms with Crippen molar-refractivity contribution in [2.24, 2.45) is 5.10 Å². The molecule has 8 heteroatoms. The molecule has 1 saturated heterocycles. The molecule has 0 aromatic carbocycles. The Morgan fingerprint density at radius 3 is 2.63 bits per heavy atom. The van der Waals surface area contributed by atoms with Gasteiger partial charge >= 0.3 is 0 Å². The molecule has 1 atom stereocenters. The molecule has 0 unspecified atom stereocenters. The summed E-state index contributed by atoms with van der Waals surface area (Å²) in [5.41, 5.74) is 2.07. The lowest BCUT2D eigenvalue weighted by Crippen LogP contribution is -2.41. The van der Waals surface area contributed by atoms with Gasteiger partial charge in [0, 0.05) is 35.8 Å². The number of carbonyl (C=O) groups excluding carboxylic acids is 1. The number of aromatic nitrogens is 2. The van der Waals surface area contributed by atoms with Crippen molar-refractivity contribution in [2.75, 3.05) is 19.6 Å². The van der Waals surface area contributed by atoms with E-state index >= 15 is 0 Å². The molecule has 5 heterocycles. The molecule has 6 nitrogen and oxygen atoms in total. The Morgan fingerprint density at radius 1 is 1.10 bits per heavy atom. The van der Waals surface area contributed by atoms with Crippen molar-refractivity contribution >= 4 is 34.3 Å². The van der Waals surface area contributed by atoms with Gasteiger partial charge in [0.1, 0.15) is 0 Å². The Labute approximate surface area is 183 Å². The zero-order valence-electron chi connectivity index (χ0n) is 16.6. The van der Waals surface area contributed by atoms with Crippen LogP contribution >= 0.6 is 22.7 Å². The highest BCUT2D eigenvalue weighted by Gasteiger charge is 2.35. The number of amides is 1. The number of likely N-dealkylation sites (tertiary alicyclic amines) is 1. The SMILES string of the molecule is O=C(CN1CCC(c2cnccn2)CC1)N1N=C(c2cccs2)C[C@@H]1c1cccs1. The van der Waals surface area contributed by atoms with Crippen LogP contribution in [0.4, 0.5) is 0 Å². The van der Waals surface area contributed by atoms with Crippen LogP contribution in [-0.4, -0.2) is 51.1 Å². The summed E-state index contributed by atoms with van der Waals surface area (Å²) in [7, 11) is 0. The average molecular weight is 438 g/mol. The van der Waals surface area contributed by atoms with Crippen molar-refractivity contribution in [1.82, 2.24) is 19.9 Å². The van der Waals surface area contributed by atoms with E-state index in [0.717, 1.165) is 48.6 Å². The first kappa shape index (κ1) is 19.5. The van der Waals surface area contributed by atoms with Crippen LogP contribution in [0.2, 0.25) is 0 Å². The second kappa shape index (κ2) is 8.75. The van der Waals surface area contributed by atoms with Gasteiger partial charge in [0.15, 0.2) is 0 Å². The predicted molar refractivity (Wildman–Crippen MR) is 120 cm³/mol. The summed E-state index contributed by atoms with van der Waals surface area (Å²) in [4.78, 5) is 26.5. The van der Waals surface area contributed by atoms with Crippen molar-refractivity contribution in [1.29, 1.82) is 0 Å². The predicted octanol–water partition coefficient (Wildman–Crippen LogP) is 4.16. The molecule has 30 heavy (non-hydrogen) atoms. The molecule has 154 valence electrons. The van der Waals surface area contributed by atoms with E-state index in [1.165, 1.54) is 4.88 Å². The Morgan fingerprint density at radius 2 is 1.93 bits per heavy atom. The highest BCUT2D eigenvalue weighted by Crippen LogP contribution is 2.36. The van der Waals surface area contributed by atoms with Gasteiger partial charge in [0.2, 0.25) is 0 Å². The van der Waals surface area contributed by atoms with Crippen molar-refractivity contribution < 1.29 is 4.79 Å². The van der Waals surface area contributed by atoms with Crippen LogP contribution in [0.1, 0.15) is 46.7 Å². The summed E-state index contributed by atoms with van der Waals surface area (Å²) in [6.45, 7) is 2.20. The molecule has 1 amide bonds. The standard InChI is InChI=1S/C22H23N5OS2/c28-22(15-26-9-5-16(6-10-26)18-14-23-7-8-24-18)27-19(21-4-2-12-30-21)13-17(25-27)20-3-1-11-29-20/h1-4,7-8,11-12,14,16,19H,5-6,9-10,13,15H2/t19-/m1/s1. The second-order valence-corrected chi connectivity index (χ2v) is 9.61. The number of piperidine rings is 1. The highest BCUT2D eigenvalue weighted by atomic mass is 32.1. The van der Waals surface area contributed by atoms with Gasteiger partial charge in [0.25, 0.3) is 5.91 Å². The second-order valence-electron chi connectivity index (χ2n) is 7.68. The minimum absolute atomic E-state index is 0.00623. The monoisotopic (exact) mass is 437 g/mol. The summed E-state index contributed by atoms with van der Waals surface area (Å²) in [5.74, 6) is 0.511. The Hall–Kier alpha value is -2.42. The van der Waals surface area contributed by atoms with Gasteiger partial charge in [-0.05, 0) is 48.8 Å². The van der Waals surface area contributed by atoms with Crippen LogP contribution < -0.4 is 0 Å². The molecule has 5 rings (SSSR count). The van der Waals surface area contributed by atoms with E-state index < -0.39 is 0 Å². The van der Waals surface area contributed by atoms with E-state index in [1.807, 2.05) is 18.3 Å². The largest absolute Gasteiger partial charge is 0.294 e. The lowest BCUT2D eigenvalue weighted by molar-refractivity contribution is -0.134. The summed E-state index contributed by atoms with van der Waals surface area (Å²) in [6.07, 6.45) is 8.12. The molecule has 0 bridgehead atoms. The molecule has 1 fully saturated rings. The summed E-state index contributed by atoms with van der Waals surface area (Å²) >= 11 is 3.37. The molecular formula is C22H23N5OS2. The normalized spacial score (nSPS) is 20.5. The van der Waals surface area contributed by atoms with E-state index in [1.54, 1.807) is 40.1 Å². The van der Waals surface area contributed by atoms with Crippen molar-refractivity contribution in [3.63, 3.8) is 0 Å². The van der Waals surface area contributed by atoms with Gasteiger partial charge in [-0.2, -0.15) is 5.10 Å². The third kappa shape index (κ3) is 4.08. The van der Waals surface area contributed by atoms with E-state index in [2.05, 4.69) is 37.8 Å². The van der Waals surface area contributed by atoms with E-state index in [9.17, 15) is 4.79 Å². The zero-order valence-corrected chi connectivity index (χ0v) is 18.2. The van der Waals surface area contributed by atoms with Crippen molar-refractivity contribution in [3.05, 3.63) is 69.1 Å². The number of hydrogen-bond donors (Lipinski definition) is 0. The average Bonchev–Trinajstić information content (AvgIpc) is 3.56. The van der Waals surface area contributed by atoms with Crippen LogP contribution in [0.15, 0.2) is 58.7 Å². The molecular weight excluding hydrogens is 414 g/mol. The Balaban J connectivity index is 1.26. The minimum atomic E-state index is 0.00623. The van der Waals surface area contributed by atoms with Gasteiger partial charge < -0.3 is 0 Å². The lowest BCUT2D eigenvalue weighted by Gasteiger charge is -2.32. The van der Waals surface area contributed by atoms with Gasteiger partial charge in [-0.15, -0.1) is 22.7 Å². The fraction of sp³-hybridized carbons (Fsp3) is 0.364. The number of carbonyl (C=O) groups is 1. The third-order valence-corrected chi connectivity index (χ3v) is 7.68. The molecule has 0 aliphatic carbocycles. The summed E-state index contributed by atoms with van der Waals surface area (Å²) in [5, 5.41) is 10.6. The van der Waals surface area contributed by atoms with Crippen LogP contribution in [0, 0.1) is 0 Å². The van der Waals surface area contributed by atoms with Crippen LogP contribution in [0.3, 0.4) is 0 Å². The van der Waals surface area contributed by atoms with E-state index in [4.69, 9.17) is 5.10 Å². The van der Waals surface area contributed by atoms with Crippen LogP contribution in [-0.2, 0) is 4.79 Å². The quantitative estimate of drug-likeness (QED) is 0.601. The molecule has 3 aromatic rings.